The van der Waals surface area contributed by atoms with E-state index >= 15 is 0 Å². The first-order chi connectivity index (χ1) is 16.8. The highest BCUT2D eigenvalue weighted by atomic mass is 19.3. The van der Waals surface area contributed by atoms with Crippen molar-refractivity contribution in [3.05, 3.63) is 83.6 Å². The van der Waals surface area contributed by atoms with E-state index in [2.05, 4.69) is 62.3 Å². The maximum absolute atomic E-state index is 13.8. The van der Waals surface area contributed by atoms with Gasteiger partial charge < -0.3 is 10.1 Å². The monoisotopic (exact) mass is 475 g/mol. The Labute approximate surface area is 205 Å². The molecule has 0 saturated carbocycles. The lowest BCUT2D eigenvalue weighted by Gasteiger charge is -2.16. The van der Waals surface area contributed by atoms with Crippen LogP contribution in [0.5, 0.6) is 5.88 Å². The molecule has 2 aromatic carbocycles. The first-order valence-corrected chi connectivity index (χ1v) is 12.0. The van der Waals surface area contributed by atoms with Crippen molar-refractivity contribution in [1.82, 2.24) is 4.98 Å². The van der Waals surface area contributed by atoms with Gasteiger partial charge in [-0.15, -0.1) is 0 Å². The molecule has 4 rings (SSSR count). The summed E-state index contributed by atoms with van der Waals surface area (Å²) in [5.74, 6) is 1.27. The third kappa shape index (κ3) is 5.94. The molecule has 0 unspecified atom stereocenters. The Morgan fingerprint density at radius 1 is 1.00 bits per heavy atom. The highest BCUT2D eigenvalue weighted by molar-refractivity contribution is 6.15. The van der Waals surface area contributed by atoms with E-state index in [-0.39, 0.29) is 11.3 Å². The Balaban J connectivity index is 1.77. The number of pyridine rings is 1. The van der Waals surface area contributed by atoms with Crippen molar-refractivity contribution in [2.45, 2.75) is 46.5 Å². The van der Waals surface area contributed by atoms with Gasteiger partial charge in [0.1, 0.15) is 0 Å². The number of anilines is 2. The van der Waals surface area contributed by atoms with Crippen LogP contribution in [-0.2, 0) is 0 Å². The van der Waals surface area contributed by atoms with Gasteiger partial charge in [-0.1, -0.05) is 64.1 Å². The van der Waals surface area contributed by atoms with Crippen LogP contribution in [0.2, 0.25) is 0 Å². The zero-order valence-electron chi connectivity index (χ0n) is 20.6. The van der Waals surface area contributed by atoms with Crippen molar-refractivity contribution in [2.75, 3.05) is 11.9 Å². The molecule has 0 amide bonds. The molecule has 3 aromatic rings. The molecular weight excluding hydrogens is 444 g/mol. The minimum Gasteiger partial charge on any atom is -0.477 e. The van der Waals surface area contributed by atoms with E-state index in [9.17, 15) is 8.78 Å². The van der Waals surface area contributed by atoms with E-state index in [1.165, 1.54) is 11.6 Å². The number of hydrogen-bond donors (Lipinski definition) is 1. The number of nitrogens with one attached hydrogen (secondary N) is 1. The van der Waals surface area contributed by atoms with Crippen molar-refractivity contribution < 1.29 is 13.5 Å². The van der Waals surface area contributed by atoms with E-state index < -0.39 is 6.43 Å². The number of hydrogen-bond acceptors (Lipinski definition) is 4. The molecule has 182 valence electrons. The topological polar surface area (TPSA) is 46.5 Å². The lowest BCUT2D eigenvalue weighted by Crippen LogP contribution is -2.12. The zero-order chi connectivity index (χ0) is 24.9. The van der Waals surface area contributed by atoms with Crippen LogP contribution in [0.4, 0.5) is 20.2 Å². The number of ether oxygens (including phenoxy) is 1. The summed E-state index contributed by atoms with van der Waals surface area (Å²) in [4.78, 5) is 9.00. The molecule has 1 aromatic heterocycles. The minimum absolute atomic E-state index is 0.0647. The van der Waals surface area contributed by atoms with Crippen LogP contribution in [0.25, 0.3) is 10.9 Å². The molecule has 1 N–H and O–H groups in total. The Morgan fingerprint density at radius 2 is 1.77 bits per heavy atom. The highest BCUT2D eigenvalue weighted by Gasteiger charge is 2.20. The number of fused-ring (bicyclic) bond motifs is 1. The van der Waals surface area contributed by atoms with E-state index in [0.717, 1.165) is 16.8 Å². The van der Waals surface area contributed by atoms with Crippen molar-refractivity contribution in [3.63, 3.8) is 0 Å². The summed E-state index contributed by atoms with van der Waals surface area (Å²) in [5.41, 5.74) is 4.49. The van der Waals surface area contributed by atoms with Crippen molar-refractivity contribution in [1.29, 1.82) is 0 Å². The predicted octanol–water partition coefficient (Wildman–Crippen LogP) is 8.03. The molecule has 0 bridgehead atoms. The molecule has 1 aliphatic heterocycles. The molecule has 4 nitrogen and oxygen atoms in total. The third-order valence-electron chi connectivity index (χ3n) is 5.77. The molecule has 0 aliphatic carbocycles. The molecule has 35 heavy (non-hydrogen) atoms. The summed E-state index contributed by atoms with van der Waals surface area (Å²) in [6.07, 6.45) is 2.69. The van der Waals surface area contributed by atoms with Gasteiger partial charge in [-0.05, 0) is 42.0 Å². The van der Waals surface area contributed by atoms with Gasteiger partial charge in [0.15, 0.2) is 0 Å². The Kier molecular flexibility index (Phi) is 7.59. The fraction of sp³-hybridized carbons (Fsp3) is 0.310. The SMILES string of the molecule is CC(C)COc1cc(Nc2ccc(C(C)C)cc2)c2ccc(C3=NC=CCC=C3C(F)F)cc2n1. The van der Waals surface area contributed by atoms with Crippen LogP contribution in [-0.4, -0.2) is 23.7 Å². The van der Waals surface area contributed by atoms with Gasteiger partial charge in [-0.3, -0.25) is 4.99 Å². The summed E-state index contributed by atoms with van der Waals surface area (Å²) in [6.45, 7) is 9.00. The summed E-state index contributed by atoms with van der Waals surface area (Å²) >= 11 is 0. The number of halogens is 2. The first kappa shape index (κ1) is 24.6. The van der Waals surface area contributed by atoms with Gasteiger partial charge in [-0.25, -0.2) is 13.8 Å². The van der Waals surface area contributed by atoms with Crippen LogP contribution >= 0.6 is 0 Å². The lowest BCUT2D eigenvalue weighted by atomic mass is 9.99. The normalized spacial score (nSPS) is 13.9. The van der Waals surface area contributed by atoms with Crippen molar-refractivity contribution >= 4 is 28.0 Å². The summed E-state index contributed by atoms with van der Waals surface area (Å²) in [6, 6.07) is 15.7. The molecule has 2 heterocycles. The van der Waals surface area contributed by atoms with Crippen LogP contribution < -0.4 is 10.1 Å². The number of benzene rings is 2. The standard InChI is InChI=1S/C29H31F2N3O/c1-18(2)17-35-27-16-26(33-22-11-8-20(9-12-22)19(3)4)23-13-10-21(15-25(23)34-27)28-24(29(30)31)7-5-6-14-32-28/h6-16,18-19,29H,5,17H2,1-4H3,(H,33,34). The smallest absolute Gasteiger partial charge is 0.265 e. The number of aromatic nitrogens is 1. The Bertz CT molecular complexity index is 1280. The van der Waals surface area contributed by atoms with E-state index in [0.29, 0.717) is 41.8 Å². The van der Waals surface area contributed by atoms with Gasteiger partial charge in [0.25, 0.3) is 6.43 Å². The number of aliphatic imine (C=N–C) groups is 1. The van der Waals surface area contributed by atoms with Gasteiger partial charge in [0.2, 0.25) is 5.88 Å². The summed E-state index contributed by atoms with van der Waals surface area (Å²) < 4.78 is 33.5. The second-order valence-corrected chi connectivity index (χ2v) is 9.40. The molecule has 0 saturated heterocycles. The third-order valence-corrected chi connectivity index (χ3v) is 5.77. The minimum atomic E-state index is -2.61. The van der Waals surface area contributed by atoms with Gasteiger partial charge in [-0.2, -0.15) is 0 Å². The lowest BCUT2D eigenvalue weighted by molar-refractivity contribution is 0.196. The van der Waals surface area contributed by atoms with Crippen LogP contribution in [0, 0.1) is 5.92 Å². The van der Waals surface area contributed by atoms with E-state index in [4.69, 9.17) is 9.72 Å². The fourth-order valence-corrected chi connectivity index (χ4v) is 3.88. The fourth-order valence-electron chi connectivity index (χ4n) is 3.88. The van der Waals surface area contributed by atoms with E-state index in [1.54, 1.807) is 18.3 Å². The first-order valence-electron chi connectivity index (χ1n) is 12.0. The maximum Gasteiger partial charge on any atom is 0.265 e. The number of allylic oxidation sites excluding steroid dienone is 3. The Morgan fingerprint density at radius 3 is 2.46 bits per heavy atom. The van der Waals surface area contributed by atoms with Crippen molar-refractivity contribution in [2.24, 2.45) is 10.9 Å². The summed E-state index contributed by atoms with van der Waals surface area (Å²) in [5, 5.41) is 4.35. The second kappa shape index (κ2) is 10.8. The van der Waals surface area contributed by atoms with Gasteiger partial charge in [0.05, 0.1) is 23.5 Å². The Hall–Kier alpha value is -3.54. The van der Waals surface area contributed by atoms with E-state index in [1.807, 2.05) is 18.2 Å². The average Bonchev–Trinajstić information content (AvgIpc) is 3.09. The van der Waals surface area contributed by atoms with Crippen LogP contribution in [0.15, 0.2) is 77.4 Å². The van der Waals surface area contributed by atoms with Gasteiger partial charge in [0, 0.05) is 34.5 Å². The molecule has 0 fully saturated rings. The highest BCUT2D eigenvalue weighted by Crippen LogP contribution is 2.32. The maximum atomic E-state index is 13.8. The second-order valence-electron chi connectivity index (χ2n) is 9.40. The van der Waals surface area contributed by atoms with Crippen molar-refractivity contribution in [3.8, 4) is 5.88 Å². The quantitative estimate of drug-likeness (QED) is 0.359. The predicted molar refractivity (Wildman–Crippen MR) is 140 cm³/mol. The zero-order valence-corrected chi connectivity index (χ0v) is 20.6. The molecule has 0 spiro atoms. The molecular formula is C29H31F2N3O. The van der Waals surface area contributed by atoms with Gasteiger partial charge >= 0.3 is 0 Å². The number of alkyl halides is 2. The molecule has 0 atom stereocenters. The molecule has 6 heteroatoms. The molecule has 0 radical (unpaired) electrons. The van der Waals surface area contributed by atoms with Crippen LogP contribution in [0.3, 0.4) is 0 Å². The van der Waals surface area contributed by atoms with Crippen LogP contribution in [0.1, 0.15) is 51.2 Å². The molecule has 1 aliphatic rings. The summed E-state index contributed by atoms with van der Waals surface area (Å²) in [7, 11) is 0. The number of rotatable bonds is 8. The largest absolute Gasteiger partial charge is 0.477 e. The average molecular weight is 476 g/mol. The number of nitrogens with zero attached hydrogens (tertiary/aromatic N) is 2.